The van der Waals surface area contributed by atoms with Gasteiger partial charge in [0.25, 0.3) is 0 Å². The van der Waals surface area contributed by atoms with Crippen LogP contribution in [0, 0.1) is 0 Å². The van der Waals surface area contributed by atoms with Gasteiger partial charge in [0.2, 0.25) is 5.89 Å². The second-order valence-electron chi connectivity index (χ2n) is 6.68. The first-order valence-corrected chi connectivity index (χ1v) is 9.38. The lowest BCUT2D eigenvalue weighted by Crippen LogP contribution is -2.34. The molecule has 0 aromatic carbocycles. The number of likely N-dealkylation sites (tertiary alicyclic amines) is 1. The van der Waals surface area contributed by atoms with E-state index >= 15 is 0 Å². The molecular formula is C16H22N4O2S. The van der Waals surface area contributed by atoms with Gasteiger partial charge in [-0.1, -0.05) is 12.8 Å². The molecule has 0 amide bonds. The number of aromatic amines is 1. The molecule has 2 aromatic heterocycles. The number of rotatable bonds is 4. The van der Waals surface area contributed by atoms with E-state index in [0.29, 0.717) is 11.8 Å². The Bertz CT molecular complexity index is 701. The molecule has 2 fully saturated rings. The summed E-state index contributed by atoms with van der Waals surface area (Å²) in [6, 6.07) is 0. The maximum Gasteiger partial charge on any atom is 0.434 e. The van der Waals surface area contributed by atoms with Crippen molar-refractivity contribution in [2.24, 2.45) is 0 Å². The minimum absolute atomic E-state index is 0.204. The average molecular weight is 334 g/mol. The molecule has 1 unspecified atom stereocenters. The van der Waals surface area contributed by atoms with Crippen LogP contribution in [-0.2, 0) is 6.54 Å². The van der Waals surface area contributed by atoms with Gasteiger partial charge in [-0.25, -0.2) is 14.9 Å². The molecule has 1 aliphatic heterocycles. The zero-order valence-electron chi connectivity index (χ0n) is 13.2. The predicted octanol–water partition coefficient (Wildman–Crippen LogP) is 2.86. The molecule has 0 bridgehead atoms. The second kappa shape index (κ2) is 6.57. The van der Waals surface area contributed by atoms with E-state index in [-0.39, 0.29) is 5.92 Å². The fourth-order valence-electron chi connectivity index (χ4n) is 3.80. The number of thiazole rings is 1. The molecule has 23 heavy (non-hydrogen) atoms. The van der Waals surface area contributed by atoms with Crippen molar-refractivity contribution in [1.29, 1.82) is 0 Å². The quantitative estimate of drug-likeness (QED) is 0.930. The van der Waals surface area contributed by atoms with Gasteiger partial charge in [-0.05, 0) is 32.2 Å². The first-order valence-electron chi connectivity index (χ1n) is 8.50. The summed E-state index contributed by atoms with van der Waals surface area (Å²) in [5.41, 5.74) is 1.18. The van der Waals surface area contributed by atoms with Crippen LogP contribution in [0.1, 0.15) is 67.0 Å². The molecule has 0 spiro atoms. The Morgan fingerprint density at radius 1 is 1.26 bits per heavy atom. The maximum atomic E-state index is 11.1. The van der Waals surface area contributed by atoms with Crippen LogP contribution in [0.4, 0.5) is 0 Å². The largest absolute Gasteiger partial charge is 0.434 e. The molecule has 1 aliphatic carbocycles. The lowest BCUT2D eigenvalue weighted by Gasteiger charge is -2.30. The third-order valence-corrected chi connectivity index (χ3v) is 6.02. The van der Waals surface area contributed by atoms with Crippen molar-refractivity contribution in [3.63, 3.8) is 0 Å². The number of hydrogen-bond donors (Lipinski definition) is 1. The van der Waals surface area contributed by atoms with Crippen molar-refractivity contribution in [2.45, 2.75) is 56.9 Å². The molecule has 6 nitrogen and oxygen atoms in total. The maximum absolute atomic E-state index is 11.1. The van der Waals surface area contributed by atoms with Crippen LogP contribution in [0.2, 0.25) is 0 Å². The van der Waals surface area contributed by atoms with Crippen molar-refractivity contribution in [1.82, 2.24) is 20.1 Å². The molecular weight excluding hydrogens is 312 g/mol. The SMILES string of the molecule is O=c1[nH]nc(C2CCCN(Cc3csc(C4CCCC4)n3)C2)o1. The topological polar surface area (TPSA) is 75.0 Å². The highest BCUT2D eigenvalue weighted by Crippen LogP contribution is 2.36. The van der Waals surface area contributed by atoms with E-state index in [1.54, 1.807) is 0 Å². The number of aromatic nitrogens is 3. The number of nitrogens with one attached hydrogen (secondary N) is 1. The van der Waals surface area contributed by atoms with Crippen LogP contribution in [0.5, 0.6) is 0 Å². The van der Waals surface area contributed by atoms with Crippen LogP contribution in [0.3, 0.4) is 0 Å². The third-order valence-electron chi connectivity index (χ3n) is 4.97. The standard InChI is InChI=1S/C16H22N4O2S/c21-16-19-18-14(22-16)12-6-3-7-20(8-12)9-13-10-23-15(17-13)11-4-1-2-5-11/h10-12H,1-9H2,(H,19,21). The lowest BCUT2D eigenvalue weighted by molar-refractivity contribution is 0.183. The van der Waals surface area contributed by atoms with Gasteiger partial charge in [0.05, 0.1) is 16.6 Å². The van der Waals surface area contributed by atoms with E-state index in [1.807, 2.05) is 11.3 Å². The van der Waals surface area contributed by atoms with E-state index in [2.05, 4.69) is 20.5 Å². The van der Waals surface area contributed by atoms with Gasteiger partial charge in [0.1, 0.15) is 0 Å². The average Bonchev–Trinajstić information content (AvgIpc) is 3.28. The van der Waals surface area contributed by atoms with E-state index in [4.69, 9.17) is 9.40 Å². The lowest BCUT2D eigenvalue weighted by atomic mass is 9.98. The molecule has 1 saturated carbocycles. The number of nitrogens with zero attached hydrogens (tertiary/aromatic N) is 3. The van der Waals surface area contributed by atoms with E-state index < -0.39 is 5.76 Å². The van der Waals surface area contributed by atoms with Gasteiger partial charge in [-0.2, -0.15) is 0 Å². The first-order chi connectivity index (χ1) is 11.3. The zero-order valence-corrected chi connectivity index (χ0v) is 14.0. The Kier molecular flexibility index (Phi) is 4.31. The van der Waals surface area contributed by atoms with Crippen molar-refractivity contribution >= 4 is 11.3 Å². The van der Waals surface area contributed by atoms with Crippen molar-refractivity contribution < 1.29 is 4.42 Å². The molecule has 0 radical (unpaired) electrons. The van der Waals surface area contributed by atoms with Crippen molar-refractivity contribution in [2.75, 3.05) is 13.1 Å². The smallest absolute Gasteiger partial charge is 0.392 e. The van der Waals surface area contributed by atoms with Crippen LogP contribution in [0.25, 0.3) is 0 Å². The number of H-pyrrole nitrogens is 1. The predicted molar refractivity (Wildman–Crippen MR) is 87.7 cm³/mol. The molecule has 1 atom stereocenters. The molecule has 7 heteroatoms. The van der Waals surface area contributed by atoms with Crippen molar-refractivity contribution in [3.05, 3.63) is 32.5 Å². The molecule has 4 rings (SSSR count). The third kappa shape index (κ3) is 3.40. The highest BCUT2D eigenvalue weighted by Gasteiger charge is 2.26. The Morgan fingerprint density at radius 2 is 2.09 bits per heavy atom. The number of hydrogen-bond acceptors (Lipinski definition) is 6. The summed E-state index contributed by atoms with van der Waals surface area (Å²) in [5, 5.41) is 9.89. The van der Waals surface area contributed by atoms with Gasteiger partial charge in [0, 0.05) is 24.4 Å². The van der Waals surface area contributed by atoms with Gasteiger partial charge in [-0.15, -0.1) is 16.4 Å². The highest BCUT2D eigenvalue weighted by molar-refractivity contribution is 7.09. The van der Waals surface area contributed by atoms with Crippen LogP contribution in [-0.4, -0.2) is 33.2 Å². The van der Waals surface area contributed by atoms with E-state index in [0.717, 1.165) is 32.5 Å². The molecule has 124 valence electrons. The molecule has 2 aromatic rings. The minimum Gasteiger partial charge on any atom is -0.392 e. The normalized spacial score (nSPS) is 23.6. The summed E-state index contributed by atoms with van der Waals surface area (Å²) < 4.78 is 5.13. The minimum atomic E-state index is -0.460. The summed E-state index contributed by atoms with van der Waals surface area (Å²) in [6.45, 7) is 2.83. The Morgan fingerprint density at radius 3 is 2.87 bits per heavy atom. The Labute approximate surface area is 138 Å². The van der Waals surface area contributed by atoms with Gasteiger partial charge in [-0.3, -0.25) is 4.90 Å². The summed E-state index contributed by atoms with van der Waals surface area (Å²) in [4.78, 5) is 18.4. The fourth-order valence-corrected chi connectivity index (χ4v) is 4.78. The number of piperidine rings is 1. The van der Waals surface area contributed by atoms with Crippen LogP contribution in [0.15, 0.2) is 14.6 Å². The summed E-state index contributed by atoms with van der Waals surface area (Å²) >= 11 is 1.82. The zero-order chi connectivity index (χ0) is 15.6. The van der Waals surface area contributed by atoms with Crippen LogP contribution < -0.4 is 5.76 Å². The molecule has 3 heterocycles. The van der Waals surface area contributed by atoms with Gasteiger partial charge < -0.3 is 4.42 Å². The molecule has 1 N–H and O–H groups in total. The van der Waals surface area contributed by atoms with E-state index in [9.17, 15) is 4.79 Å². The summed E-state index contributed by atoms with van der Waals surface area (Å²) in [6.07, 6.45) is 7.42. The second-order valence-corrected chi connectivity index (χ2v) is 7.57. The first kappa shape index (κ1) is 15.1. The summed E-state index contributed by atoms with van der Waals surface area (Å²) in [5.74, 6) is 0.985. The van der Waals surface area contributed by atoms with Crippen molar-refractivity contribution in [3.8, 4) is 0 Å². The van der Waals surface area contributed by atoms with Gasteiger partial charge >= 0.3 is 5.76 Å². The Hall–Kier alpha value is -1.47. The monoisotopic (exact) mass is 334 g/mol. The summed E-state index contributed by atoms with van der Waals surface area (Å²) in [7, 11) is 0. The van der Waals surface area contributed by atoms with E-state index in [1.165, 1.54) is 36.4 Å². The van der Waals surface area contributed by atoms with Gasteiger partial charge in [0.15, 0.2) is 0 Å². The fraction of sp³-hybridized carbons (Fsp3) is 0.688. The highest BCUT2D eigenvalue weighted by atomic mass is 32.1. The Balaban J connectivity index is 1.39. The molecule has 2 aliphatic rings. The van der Waals surface area contributed by atoms with Crippen LogP contribution >= 0.6 is 11.3 Å². The molecule has 1 saturated heterocycles.